The van der Waals surface area contributed by atoms with Crippen molar-refractivity contribution < 1.29 is 22.7 Å². The van der Waals surface area contributed by atoms with Gasteiger partial charge in [-0.25, -0.2) is 8.42 Å². The van der Waals surface area contributed by atoms with Gasteiger partial charge in [-0.05, 0) is 42.7 Å². The average Bonchev–Trinajstić information content (AvgIpc) is 2.94. The van der Waals surface area contributed by atoms with Crippen molar-refractivity contribution in [2.45, 2.75) is 45.7 Å². The molecule has 0 saturated heterocycles. The highest BCUT2D eigenvalue weighted by Gasteiger charge is 2.33. The zero-order chi connectivity index (χ0) is 30.0. The highest BCUT2D eigenvalue weighted by atomic mass is 35.5. The van der Waals surface area contributed by atoms with E-state index in [9.17, 15) is 18.0 Å². The molecule has 8 nitrogen and oxygen atoms in total. The Labute approximate surface area is 248 Å². The fourth-order valence-corrected chi connectivity index (χ4v) is 5.41. The van der Waals surface area contributed by atoms with E-state index >= 15 is 0 Å². The van der Waals surface area contributed by atoms with Gasteiger partial charge in [-0.3, -0.25) is 13.9 Å². The molecule has 1 atom stereocenters. The van der Waals surface area contributed by atoms with Gasteiger partial charge in [0.15, 0.2) is 0 Å². The van der Waals surface area contributed by atoms with Gasteiger partial charge in [0.1, 0.15) is 18.3 Å². The summed E-state index contributed by atoms with van der Waals surface area (Å²) >= 11 is 6.20. The van der Waals surface area contributed by atoms with Crippen LogP contribution in [0.25, 0.3) is 0 Å². The summed E-state index contributed by atoms with van der Waals surface area (Å²) in [6.45, 7) is 4.04. The number of rotatable bonds is 14. The molecule has 1 N–H and O–H groups in total. The second-order valence-corrected chi connectivity index (χ2v) is 12.3. The smallest absolute Gasteiger partial charge is 0.244 e. The van der Waals surface area contributed by atoms with Crippen LogP contribution in [0.4, 0.5) is 5.69 Å². The Bertz CT molecular complexity index is 1420. The number of anilines is 1. The molecule has 0 aliphatic carbocycles. The zero-order valence-electron chi connectivity index (χ0n) is 24.0. The molecule has 0 radical (unpaired) electrons. The summed E-state index contributed by atoms with van der Waals surface area (Å²) in [5.41, 5.74) is 2.88. The molecule has 220 valence electrons. The van der Waals surface area contributed by atoms with E-state index in [4.69, 9.17) is 16.3 Å². The number of carbonyl (C=O) groups excluding carboxylic acids is 2. The number of amides is 2. The summed E-state index contributed by atoms with van der Waals surface area (Å²) in [5.74, 6) is -0.588. The van der Waals surface area contributed by atoms with E-state index in [2.05, 4.69) is 5.32 Å². The molecular weight excluding hydrogens is 562 g/mol. The highest BCUT2D eigenvalue weighted by molar-refractivity contribution is 7.92. The lowest BCUT2D eigenvalue weighted by Crippen LogP contribution is -2.53. The molecule has 3 rings (SSSR count). The van der Waals surface area contributed by atoms with Crippen molar-refractivity contribution in [1.82, 2.24) is 10.2 Å². The van der Waals surface area contributed by atoms with Crippen LogP contribution >= 0.6 is 11.6 Å². The summed E-state index contributed by atoms with van der Waals surface area (Å²) in [7, 11) is -2.54. The lowest BCUT2D eigenvalue weighted by molar-refractivity contribution is -0.140. The molecule has 10 heteroatoms. The molecule has 0 heterocycles. The molecule has 1 unspecified atom stereocenters. The molecule has 41 heavy (non-hydrogen) atoms. The quantitative estimate of drug-likeness (QED) is 0.264. The van der Waals surface area contributed by atoms with Crippen molar-refractivity contribution in [3.05, 3.63) is 94.5 Å². The SMILES string of the molecule is CCCCNC(=O)C(Cc1ccccc1)N(Cc1ccc(C)cc1)C(=O)CN(c1cc(Cl)ccc1OC)S(C)(=O)=O. The minimum Gasteiger partial charge on any atom is -0.495 e. The predicted octanol–water partition coefficient (Wildman–Crippen LogP) is 4.98. The number of nitrogens with zero attached hydrogens (tertiary/aromatic N) is 2. The van der Waals surface area contributed by atoms with Crippen molar-refractivity contribution in [2.75, 3.05) is 30.8 Å². The summed E-state index contributed by atoms with van der Waals surface area (Å²) in [6.07, 6.45) is 2.98. The van der Waals surface area contributed by atoms with Gasteiger partial charge in [0, 0.05) is 24.5 Å². The summed E-state index contributed by atoms with van der Waals surface area (Å²) in [5, 5.41) is 3.26. The van der Waals surface area contributed by atoms with Crippen molar-refractivity contribution >= 4 is 39.1 Å². The summed E-state index contributed by atoms with van der Waals surface area (Å²) < 4.78 is 32.4. The topological polar surface area (TPSA) is 96.0 Å². The molecular formula is C31H38ClN3O5S. The predicted molar refractivity (Wildman–Crippen MR) is 164 cm³/mol. The minimum atomic E-state index is -3.95. The lowest BCUT2D eigenvalue weighted by atomic mass is 10.0. The second kappa shape index (κ2) is 14.9. The number of ether oxygens (including phenoxy) is 1. The van der Waals surface area contributed by atoms with Crippen LogP contribution in [0, 0.1) is 6.92 Å². The number of nitrogens with one attached hydrogen (secondary N) is 1. The maximum atomic E-state index is 14.2. The molecule has 2 amide bonds. The highest BCUT2D eigenvalue weighted by Crippen LogP contribution is 2.33. The van der Waals surface area contributed by atoms with Gasteiger partial charge < -0.3 is 15.0 Å². The van der Waals surface area contributed by atoms with Crippen LogP contribution < -0.4 is 14.4 Å². The summed E-state index contributed by atoms with van der Waals surface area (Å²) in [4.78, 5) is 29.3. The van der Waals surface area contributed by atoms with Gasteiger partial charge in [-0.15, -0.1) is 0 Å². The van der Waals surface area contributed by atoms with Gasteiger partial charge in [-0.2, -0.15) is 0 Å². The standard InChI is InChI=1S/C31H38ClN3O5S/c1-5-6-18-33-31(37)28(19-24-10-8-7-9-11-24)34(21-25-14-12-23(2)13-15-25)30(36)22-35(41(4,38)39)27-20-26(32)16-17-29(27)40-3/h7-17,20,28H,5-6,18-19,21-22H2,1-4H3,(H,33,37). The zero-order valence-corrected chi connectivity index (χ0v) is 25.5. The number of sulfonamides is 1. The monoisotopic (exact) mass is 599 g/mol. The Balaban J connectivity index is 2.07. The van der Waals surface area contributed by atoms with Crippen LogP contribution in [0.1, 0.15) is 36.5 Å². The van der Waals surface area contributed by atoms with Crippen molar-refractivity contribution in [3.8, 4) is 5.75 Å². The maximum Gasteiger partial charge on any atom is 0.244 e. The largest absolute Gasteiger partial charge is 0.495 e. The maximum absolute atomic E-state index is 14.2. The minimum absolute atomic E-state index is 0.113. The number of methoxy groups -OCH3 is 1. The second-order valence-electron chi connectivity index (χ2n) is 9.94. The molecule has 0 aliphatic heterocycles. The van der Waals surface area contributed by atoms with Gasteiger partial charge in [0.2, 0.25) is 21.8 Å². The van der Waals surface area contributed by atoms with Crippen LogP contribution in [0.2, 0.25) is 5.02 Å². The molecule has 0 spiro atoms. The average molecular weight is 600 g/mol. The van der Waals surface area contributed by atoms with Crippen molar-refractivity contribution in [3.63, 3.8) is 0 Å². The number of aryl methyl sites for hydroxylation is 1. The first-order valence-electron chi connectivity index (χ1n) is 13.5. The third-order valence-electron chi connectivity index (χ3n) is 6.66. The number of hydrogen-bond acceptors (Lipinski definition) is 5. The molecule has 3 aromatic carbocycles. The van der Waals surface area contributed by atoms with E-state index < -0.39 is 28.5 Å². The Morgan fingerprint density at radius 1 is 1.00 bits per heavy atom. The number of hydrogen-bond donors (Lipinski definition) is 1. The molecule has 0 aliphatic rings. The number of carbonyl (C=O) groups is 2. The Morgan fingerprint density at radius 2 is 1.68 bits per heavy atom. The Kier molecular flexibility index (Phi) is 11.6. The van der Waals surface area contributed by atoms with Gasteiger partial charge in [0.25, 0.3) is 0 Å². The van der Waals surface area contributed by atoms with Crippen LogP contribution in [-0.4, -0.2) is 57.6 Å². The van der Waals surface area contributed by atoms with Crippen molar-refractivity contribution in [1.29, 1.82) is 0 Å². The third-order valence-corrected chi connectivity index (χ3v) is 8.02. The first-order chi connectivity index (χ1) is 19.5. The molecule has 0 aromatic heterocycles. The van der Waals surface area contributed by atoms with E-state index in [1.165, 1.54) is 18.1 Å². The number of halogens is 1. The lowest BCUT2D eigenvalue weighted by Gasteiger charge is -2.33. The molecule has 3 aromatic rings. The Hall–Kier alpha value is -3.56. The first-order valence-corrected chi connectivity index (χ1v) is 15.7. The van der Waals surface area contributed by atoms with Gasteiger partial charge in [-0.1, -0.05) is 85.1 Å². The molecule has 0 bridgehead atoms. The molecule has 0 saturated carbocycles. The van der Waals surface area contributed by atoms with Crippen LogP contribution in [-0.2, 0) is 32.6 Å². The Morgan fingerprint density at radius 3 is 2.29 bits per heavy atom. The molecule has 0 fully saturated rings. The summed E-state index contributed by atoms with van der Waals surface area (Å²) in [6, 6.07) is 20.8. The van der Waals surface area contributed by atoms with Crippen LogP contribution in [0.15, 0.2) is 72.8 Å². The van der Waals surface area contributed by atoms with Gasteiger partial charge >= 0.3 is 0 Å². The normalized spacial score (nSPS) is 11.9. The van der Waals surface area contributed by atoms with E-state index in [-0.39, 0.29) is 35.3 Å². The van der Waals surface area contributed by atoms with Gasteiger partial charge in [0.05, 0.1) is 19.1 Å². The van der Waals surface area contributed by atoms with E-state index in [0.717, 1.165) is 40.1 Å². The fourth-order valence-electron chi connectivity index (χ4n) is 4.40. The number of benzene rings is 3. The number of unbranched alkanes of at least 4 members (excludes halogenated alkanes) is 1. The van der Waals surface area contributed by atoms with E-state index in [1.807, 2.05) is 68.4 Å². The third kappa shape index (κ3) is 9.23. The van der Waals surface area contributed by atoms with E-state index in [1.54, 1.807) is 12.1 Å². The van der Waals surface area contributed by atoms with E-state index in [0.29, 0.717) is 6.54 Å². The fraction of sp³-hybridized carbons (Fsp3) is 0.355. The van der Waals surface area contributed by atoms with Crippen molar-refractivity contribution in [2.24, 2.45) is 0 Å². The van der Waals surface area contributed by atoms with Crippen LogP contribution in [0.5, 0.6) is 5.75 Å². The first kappa shape index (κ1) is 32.0. The van der Waals surface area contributed by atoms with Crippen LogP contribution in [0.3, 0.4) is 0 Å².